The number of ether oxygens (including phenoxy) is 1. The first-order valence-electron chi connectivity index (χ1n) is 8.42. The van der Waals surface area contributed by atoms with Crippen molar-refractivity contribution in [3.05, 3.63) is 24.3 Å². The fraction of sp³-hybridized carbons (Fsp3) is 0.667. The number of nitrogens with zero attached hydrogens (tertiary/aromatic N) is 1. The van der Waals surface area contributed by atoms with Crippen molar-refractivity contribution in [1.29, 1.82) is 0 Å². The molecule has 0 saturated carbocycles. The van der Waals surface area contributed by atoms with Gasteiger partial charge < -0.3 is 14.7 Å². The molecule has 3 heteroatoms. The van der Waals surface area contributed by atoms with Gasteiger partial charge in [0.2, 0.25) is 0 Å². The Morgan fingerprint density at radius 1 is 1.24 bits per heavy atom. The molecule has 118 valence electrons. The number of anilines is 1. The minimum Gasteiger partial charge on any atom is -0.494 e. The highest BCUT2D eigenvalue weighted by molar-refractivity contribution is 5.51. The molecule has 0 bridgehead atoms. The molecule has 1 saturated heterocycles. The van der Waals surface area contributed by atoms with Gasteiger partial charge in [-0.25, -0.2) is 0 Å². The highest BCUT2D eigenvalue weighted by atomic mass is 16.5. The average Bonchev–Trinajstić information content (AvgIpc) is 3.00. The molecule has 3 nitrogen and oxygen atoms in total. The van der Waals surface area contributed by atoms with Crippen LogP contribution in [0.5, 0.6) is 5.75 Å². The van der Waals surface area contributed by atoms with Crippen LogP contribution in [0.3, 0.4) is 0 Å². The summed E-state index contributed by atoms with van der Waals surface area (Å²) >= 11 is 0. The molecule has 0 spiro atoms. The molecule has 1 heterocycles. The third kappa shape index (κ3) is 5.24. The van der Waals surface area contributed by atoms with E-state index in [-0.39, 0.29) is 0 Å². The van der Waals surface area contributed by atoms with Gasteiger partial charge >= 0.3 is 0 Å². The number of aliphatic hydroxyl groups excluding tert-OH is 1. The molecule has 0 radical (unpaired) electrons. The molecular weight excluding hydrogens is 262 g/mol. The van der Waals surface area contributed by atoms with Crippen LogP contribution in [0, 0.1) is 5.92 Å². The molecule has 1 unspecified atom stereocenters. The second kappa shape index (κ2) is 8.93. The zero-order valence-electron chi connectivity index (χ0n) is 13.3. The first kappa shape index (κ1) is 16.2. The second-order valence-corrected chi connectivity index (χ2v) is 6.04. The normalized spacial score (nSPS) is 18.2. The summed E-state index contributed by atoms with van der Waals surface area (Å²) in [4.78, 5) is 2.34. The molecule has 1 aliphatic heterocycles. The van der Waals surface area contributed by atoms with E-state index in [9.17, 15) is 5.11 Å². The Hall–Kier alpha value is -1.22. The highest BCUT2D eigenvalue weighted by Crippen LogP contribution is 2.26. The predicted molar refractivity (Wildman–Crippen MR) is 88.1 cm³/mol. The van der Waals surface area contributed by atoms with Gasteiger partial charge in [0, 0.05) is 37.4 Å². The Labute approximate surface area is 128 Å². The van der Waals surface area contributed by atoms with Crippen molar-refractivity contribution in [2.45, 2.75) is 45.4 Å². The van der Waals surface area contributed by atoms with Gasteiger partial charge in [0.05, 0.1) is 6.61 Å². The first-order valence-corrected chi connectivity index (χ1v) is 8.42. The molecule has 2 rings (SSSR count). The summed E-state index contributed by atoms with van der Waals surface area (Å²) in [7, 11) is 0. The maximum atomic E-state index is 9.24. The van der Waals surface area contributed by atoms with Crippen LogP contribution in [0.25, 0.3) is 0 Å². The zero-order chi connectivity index (χ0) is 14.9. The van der Waals surface area contributed by atoms with Gasteiger partial charge in [-0.2, -0.15) is 0 Å². The van der Waals surface area contributed by atoms with E-state index in [2.05, 4.69) is 30.0 Å². The summed E-state index contributed by atoms with van der Waals surface area (Å²) in [6.07, 6.45) is 7.41. The topological polar surface area (TPSA) is 32.7 Å². The standard InChI is InChI=1S/C18H29NO2/c1-2-3-4-5-6-12-21-18-9-7-8-17(13-18)19-11-10-16(14-19)15-20/h7-9,13,16,20H,2-6,10-12,14-15H2,1H3. The van der Waals surface area contributed by atoms with Crippen LogP contribution in [-0.2, 0) is 0 Å². The minimum absolute atomic E-state index is 0.296. The van der Waals surface area contributed by atoms with Gasteiger partial charge in [0.15, 0.2) is 0 Å². The molecule has 1 fully saturated rings. The maximum Gasteiger partial charge on any atom is 0.121 e. The molecule has 0 aromatic heterocycles. The summed E-state index contributed by atoms with van der Waals surface area (Å²) in [5.41, 5.74) is 1.22. The van der Waals surface area contributed by atoms with Crippen LogP contribution in [0.1, 0.15) is 45.4 Å². The molecule has 1 aromatic rings. The van der Waals surface area contributed by atoms with Crippen LogP contribution >= 0.6 is 0 Å². The van der Waals surface area contributed by atoms with Gasteiger partial charge in [-0.05, 0) is 25.0 Å². The van der Waals surface area contributed by atoms with E-state index < -0.39 is 0 Å². The predicted octanol–water partition coefficient (Wildman–Crippen LogP) is 3.85. The number of unbranched alkanes of at least 4 members (excludes halogenated alkanes) is 4. The third-order valence-corrected chi connectivity index (χ3v) is 4.24. The quantitative estimate of drug-likeness (QED) is 0.701. The Balaban J connectivity index is 1.76. The Kier molecular flexibility index (Phi) is 6.87. The van der Waals surface area contributed by atoms with Gasteiger partial charge in [0.25, 0.3) is 0 Å². The van der Waals surface area contributed by atoms with Crippen LogP contribution in [0.15, 0.2) is 24.3 Å². The monoisotopic (exact) mass is 291 g/mol. The number of hydrogen-bond donors (Lipinski definition) is 1. The molecule has 1 aliphatic rings. The van der Waals surface area contributed by atoms with Gasteiger partial charge in [-0.15, -0.1) is 0 Å². The lowest BCUT2D eigenvalue weighted by molar-refractivity contribution is 0.238. The van der Waals surface area contributed by atoms with E-state index in [1.165, 1.54) is 31.4 Å². The van der Waals surface area contributed by atoms with Gasteiger partial charge in [-0.1, -0.05) is 38.7 Å². The second-order valence-electron chi connectivity index (χ2n) is 6.04. The lowest BCUT2D eigenvalue weighted by atomic mass is 10.1. The van der Waals surface area contributed by atoms with Crippen molar-refractivity contribution >= 4 is 5.69 Å². The molecule has 0 aliphatic carbocycles. The fourth-order valence-corrected chi connectivity index (χ4v) is 2.88. The molecule has 21 heavy (non-hydrogen) atoms. The zero-order valence-corrected chi connectivity index (χ0v) is 13.3. The van der Waals surface area contributed by atoms with Gasteiger partial charge in [0.1, 0.15) is 5.75 Å². The highest BCUT2D eigenvalue weighted by Gasteiger charge is 2.21. The summed E-state index contributed by atoms with van der Waals surface area (Å²) in [6, 6.07) is 8.36. The number of hydrogen-bond acceptors (Lipinski definition) is 3. The van der Waals surface area contributed by atoms with Crippen LogP contribution < -0.4 is 9.64 Å². The summed E-state index contributed by atoms with van der Waals surface area (Å²) in [5, 5.41) is 9.24. The minimum atomic E-state index is 0.296. The van der Waals surface area contributed by atoms with Crippen LogP contribution in [0.4, 0.5) is 5.69 Å². The Morgan fingerprint density at radius 2 is 2.10 bits per heavy atom. The van der Waals surface area contributed by atoms with Crippen molar-refractivity contribution in [3.8, 4) is 5.75 Å². The average molecular weight is 291 g/mol. The molecule has 1 aromatic carbocycles. The van der Waals surface area contributed by atoms with Gasteiger partial charge in [-0.3, -0.25) is 0 Å². The Morgan fingerprint density at radius 3 is 2.86 bits per heavy atom. The molecule has 1 atom stereocenters. The van der Waals surface area contributed by atoms with Crippen molar-refractivity contribution in [2.75, 3.05) is 31.2 Å². The van der Waals surface area contributed by atoms with Crippen molar-refractivity contribution < 1.29 is 9.84 Å². The lowest BCUT2D eigenvalue weighted by Crippen LogP contribution is -2.20. The van der Waals surface area contributed by atoms with Crippen molar-refractivity contribution in [1.82, 2.24) is 0 Å². The Bertz CT molecular complexity index is 408. The number of benzene rings is 1. The van der Waals surface area contributed by atoms with E-state index in [4.69, 9.17) is 4.74 Å². The van der Waals surface area contributed by atoms with E-state index >= 15 is 0 Å². The maximum absolute atomic E-state index is 9.24. The van der Waals surface area contributed by atoms with Crippen molar-refractivity contribution in [2.24, 2.45) is 5.92 Å². The van der Waals surface area contributed by atoms with E-state index in [0.717, 1.165) is 38.3 Å². The third-order valence-electron chi connectivity index (χ3n) is 4.24. The smallest absolute Gasteiger partial charge is 0.121 e. The van der Waals surface area contributed by atoms with Crippen molar-refractivity contribution in [3.63, 3.8) is 0 Å². The van der Waals surface area contributed by atoms with E-state index in [1.54, 1.807) is 0 Å². The SMILES string of the molecule is CCCCCCCOc1cccc(N2CCC(CO)C2)c1. The molecular formula is C18H29NO2. The van der Waals surface area contributed by atoms with E-state index in [0.29, 0.717) is 12.5 Å². The molecule has 1 N–H and O–H groups in total. The summed E-state index contributed by atoms with van der Waals surface area (Å²) in [6.45, 7) is 5.33. The summed E-state index contributed by atoms with van der Waals surface area (Å²) in [5.74, 6) is 1.39. The largest absolute Gasteiger partial charge is 0.494 e. The van der Waals surface area contributed by atoms with E-state index in [1.807, 2.05) is 6.07 Å². The number of aliphatic hydroxyl groups is 1. The summed E-state index contributed by atoms with van der Waals surface area (Å²) < 4.78 is 5.86. The molecule has 0 amide bonds. The fourth-order valence-electron chi connectivity index (χ4n) is 2.88. The van der Waals surface area contributed by atoms with Crippen LogP contribution in [0.2, 0.25) is 0 Å². The number of rotatable bonds is 9. The lowest BCUT2D eigenvalue weighted by Gasteiger charge is -2.19. The van der Waals surface area contributed by atoms with Crippen LogP contribution in [-0.4, -0.2) is 31.4 Å². The first-order chi connectivity index (χ1) is 10.3.